The lowest BCUT2D eigenvalue weighted by Crippen LogP contribution is -2.21. The molecule has 0 bridgehead atoms. The average Bonchev–Trinajstić information content (AvgIpc) is 2.74. The predicted molar refractivity (Wildman–Crippen MR) is 105 cm³/mol. The molecule has 0 saturated carbocycles. The highest BCUT2D eigenvalue weighted by Crippen LogP contribution is 2.25. The van der Waals surface area contributed by atoms with Gasteiger partial charge in [0.2, 0.25) is 5.91 Å². The summed E-state index contributed by atoms with van der Waals surface area (Å²) in [7, 11) is 0. The molecule has 2 aromatic carbocycles. The van der Waals surface area contributed by atoms with Gasteiger partial charge >= 0.3 is 6.61 Å². The number of alkyl halides is 2. The van der Waals surface area contributed by atoms with E-state index in [1.807, 2.05) is 0 Å². The number of aromatic nitrogens is 1. The Labute approximate surface area is 170 Å². The SMILES string of the molecule is O=C(/C=C/c1ccc(Oc2cccnc2)c(F)c1)NCc1ccccc1OC(F)F. The highest BCUT2D eigenvalue weighted by molar-refractivity contribution is 5.91. The van der Waals surface area contributed by atoms with Crippen molar-refractivity contribution in [3.8, 4) is 17.2 Å². The fraction of sp³-hybridized carbons (Fsp3) is 0.0909. The molecule has 3 rings (SSSR count). The van der Waals surface area contributed by atoms with Crippen LogP contribution in [0.25, 0.3) is 6.08 Å². The molecule has 8 heteroatoms. The van der Waals surface area contributed by atoms with Gasteiger partial charge in [0.1, 0.15) is 11.5 Å². The van der Waals surface area contributed by atoms with E-state index in [9.17, 15) is 18.0 Å². The Morgan fingerprint density at radius 2 is 1.93 bits per heavy atom. The standard InChI is InChI=1S/C22H17F3N2O3/c23-18-12-15(7-9-20(18)29-17-5-3-11-26-14-17)8-10-21(28)27-13-16-4-1-2-6-19(16)30-22(24)25/h1-12,14,22H,13H2,(H,27,28)/b10-8+. The molecule has 1 amide bonds. The predicted octanol–water partition coefficient (Wildman–Crippen LogP) is 4.94. The van der Waals surface area contributed by atoms with Crippen LogP contribution in [0.3, 0.4) is 0 Å². The van der Waals surface area contributed by atoms with Crippen LogP contribution in [-0.4, -0.2) is 17.5 Å². The van der Waals surface area contributed by atoms with Gasteiger partial charge in [0.05, 0.1) is 6.20 Å². The molecule has 0 unspecified atom stereocenters. The largest absolute Gasteiger partial charge is 0.453 e. The number of nitrogens with zero attached hydrogens (tertiary/aromatic N) is 1. The van der Waals surface area contributed by atoms with Crippen LogP contribution >= 0.6 is 0 Å². The first-order chi connectivity index (χ1) is 14.5. The van der Waals surface area contributed by atoms with Gasteiger partial charge in [-0.05, 0) is 42.0 Å². The van der Waals surface area contributed by atoms with Crippen LogP contribution in [0.15, 0.2) is 73.1 Å². The van der Waals surface area contributed by atoms with E-state index in [4.69, 9.17) is 4.74 Å². The van der Waals surface area contributed by atoms with Crippen LogP contribution in [-0.2, 0) is 11.3 Å². The molecule has 0 fully saturated rings. The number of pyridine rings is 1. The second-order valence-electron chi connectivity index (χ2n) is 6.02. The fourth-order valence-corrected chi connectivity index (χ4v) is 2.51. The van der Waals surface area contributed by atoms with Crippen molar-refractivity contribution in [1.82, 2.24) is 10.3 Å². The van der Waals surface area contributed by atoms with Crippen molar-refractivity contribution >= 4 is 12.0 Å². The van der Waals surface area contributed by atoms with Gasteiger partial charge in [-0.15, -0.1) is 0 Å². The summed E-state index contributed by atoms with van der Waals surface area (Å²) in [5.41, 5.74) is 0.852. The zero-order valence-electron chi connectivity index (χ0n) is 15.6. The van der Waals surface area contributed by atoms with E-state index in [-0.39, 0.29) is 18.0 Å². The number of rotatable bonds is 8. The van der Waals surface area contributed by atoms with Crippen molar-refractivity contribution < 1.29 is 27.4 Å². The Hall–Kier alpha value is -3.81. The van der Waals surface area contributed by atoms with E-state index in [0.29, 0.717) is 16.9 Å². The molecule has 1 heterocycles. The molecule has 0 aliphatic heterocycles. The number of nitrogens with one attached hydrogen (secondary N) is 1. The number of hydrogen-bond donors (Lipinski definition) is 1. The molecule has 1 N–H and O–H groups in total. The van der Waals surface area contributed by atoms with Crippen LogP contribution in [0.1, 0.15) is 11.1 Å². The van der Waals surface area contributed by atoms with Gasteiger partial charge in [0.25, 0.3) is 0 Å². The summed E-state index contributed by atoms with van der Waals surface area (Å²) in [6, 6.07) is 13.7. The third-order valence-electron chi connectivity index (χ3n) is 3.89. The lowest BCUT2D eigenvalue weighted by molar-refractivity contribution is -0.116. The Morgan fingerprint density at radius 1 is 1.10 bits per heavy atom. The van der Waals surface area contributed by atoms with Crippen molar-refractivity contribution in [2.24, 2.45) is 0 Å². The molecule has 0 aliphatic carbocycles. The van der Waals surface area contributed by atoms with Gasteiger partial charge in [0.15, 0.2) is 11.6 Å². The average molecular weight is 414 g/mol. The summed E-state index contributed by atoms with van der Waals surface area (Å²) in [5, 5.41) is 2.57. The summed E-state index contributed by atoms with van der Waals surface area (Å²) in [6.07, 6.45) is 5.68. The van der Waals surface area contributed by atoms with E-state index < -0.39 is 18.3 Å². The van der Waals surface area contributed by atoms with Gasteiger partial charge in [-0.3, -0.25) is 9.78 Å². The van der Waals surface area contributed by atoms with Crippen LogP contribution in [0.5, 0.6) is 17.2 Å². The third-order valence-corrected chi connectivity index (χ3v) is 3.89. The van der Waals surface area contributed by atoms with E-state index in [0.717, 1.165) is 0 Å². The maximum atomic E-state index is 14.2. The smallest absolute Gasteiger partial charge is 0.387 e. The molecular formula is C22H17F3N2O3. The maximum Gasteiger partial charge on any atom is 0.387 e. The number of amides is 1. The molecule has 0 saturated heterocycles. The molecule has 5 nitrogen and oxygen atoms in total. The van der Waals surface area contributed by atoms with E-state index >= 15 is 0 Å². The zero-order chi connectivity index (χ0) is 21.3. The molecule has 30 heavy (non-hydrogen) atoms. The van der Waals surface area contributed by atoms with Crippen molar-refractivity contribution in [2.45, 2.75) is 13.2 Å². The summed E-state index contributed by atoms with van der Waals surface area (Å²) < 4.78 is 48.9. The number of hydrogen-bond acceptors (Lipinski definition) is 4. The highest BCUT2D eigenvalue weighted by Gasteiger charge is 2.10. The zero-order valence-corrected chi connectivity index (χ0v) is 15.6. The molecule has 0 atom stereocenters. The van der Waals surface area contributed by atoms with Crippen molar-refractivity contribution in [3.05, 3.63) is 90.0 Å². The molecular weight excluding hydrogens is 397 g/mol. The van der Waals surface area contributed by atoms with Crippen LogP contribution in [0.2, 0.25) is 0 Å². The summed E-state index contributed by atoms with van der Waals surface area (Å²) in [5.74, 6) is -0.657. The second-order valence-corrected chi connectivity index (χ2v) is 6.02. The van der Waals surface area contributed by atoms with Gasteiger partial charge in [-0.25, -0.2) is 4.39 Å². The summed E-state index contributed by atoms with van der Waals surface area (Å²) in [6.45, 7) is -2.96. The number of carbonyl (C=O) groups excluding carboxylic acids is 1. The van der Waals surface area contributed by atoms with Gasteiger partial charge < -0.3 is 14.8 Å². The van der Waals surface area contributed by atoms with E-state index in [1.165, 1.54) is 36.5 Å². The van der Waals surface area contributed by atoms with Gasteiger partial charge in [0, 0.05) is 24.4 Å². The first kappa shape index (κ1) is 20.9. The van der Waals surface area contributed by atoms with Crippen LogP contribution in [0, 0.1) is 5.82 Å². The third kappa shape index (κ3) is 6.10. The molecule has 0 radical (unpaired) electrons. The Morgan fingerprint density at radius 3 is 2.67 bits per heavy atom. The summed E-state index contributed by atoms with van der Waals surface area (Å²) >= 11 is 0. The fourth-order valence-electron chi connectivity index (χ4n) is 2.51. The van der Waals surface area contributed by atoms with Crippen LogP contribution in [0.4, 0.5) is 13.2 Å². The molecule has 0 aliphatic rings. The monoisotopic (exact) mass is 414 g/mol. The van der Waals surface area contributed by atoms with Crippen molar-refractivity contribution in [2.75, 3.05) is 0 Å². The first-order valence-corrected chi connectivity index (χ1v) is 8.87. The number of ether oxygens (including phenoxy) is 2. The molecule has 1 aromatic heterocycles. The second kappa shape index (κ2) is 10.1. The minimum atomic E-state index is -2.96. The quantitative estimate of drug-likeness (QED) is 0.530. The lowest BCUT2D eigenvalue weighted by atomic mass is 10.2. The highest BCUT2D eigenvalue weighted by atomic mass is 19.3. The van der Waals surface area contributed by atoms with E-state index in [1.54, 1.807) is 42.6 Å². The lowest BCUT2D eigenvalue weighted by Gasteiger charge is -2.10. The molecule has 154 valence electrons. The molecule has 3 aromatic rings. The summed E-state index contributed by atoms with van der Waals surface area (Å²) in [4.78, 5) is 15.9. The van der Waals surface area contributed by atoms with Gasteiger partial charge in [-0.1, -0.05) is 24.3 Å². The van der Waals surface area contributed by atoms with Gasteiger partial charge in [-0.2, -0.15) is 8.78 Å². The topological polar surface area (TPSA) is 60.5 Å². The normalized spacial score (nSPS) is 10.9. The Bertz CT molecular complexity index is 1030. The first-order valence-electron chi connectivity index (χ1n) is 8.87. The number of carbonyl (C=O) groups is 1. The van der Waals surface area contributed by atoms with Crippen LogP contribution < -0.4 is 14.8 Å². The minimum absolute atomic E-state index is 0.00167. The Balaban J connectivity index is 1.58. The molecule has 0 spiro atoms. The van der Waals surface area contributed by atoms with E-state index in [2.05, 4.69) is 15.0 Å². The number of para-hydroxylation sites is 1. The minimum Gasteiger partial charge on any atom is -0.453 e. The number of halogens is 3. The van der Waals surface area contributed by atoms with Crippen molar-refractivity contribution in [3.63, 3.8) is 0 Å². The number of benzene rings is 2. The maximum absolute atomic E-state index is 14.2. The van der Waals surface area contributed by atoms with Crippen molar-refractivity contribution in [1.29, 1.82) is 0 Å². The Kier molecular flexibility index (Phi) is 7.05.